The minimum absolute atomic E-state index is 0.0297. The van der Waals surface area contributed by atoms with Gasteiger partial charge in [-0.1, -0.05) is 5.16 Å². The van der Waals surface area contributed by atoms with Gasteiger partial charge in [-0.2, -0.15) is 4.98 Å². The lowest BCUT2D eigenvalue weighted by Crippen LogP contribution is -1.84. The van der Waals surface area contributed by atoms with Gasteiger partial charge < -0.3 is 14.7 Å². The molecule has 0 fully saturated rings. The van der Waals surface area contributed by atoms with Crippen LogP contribution in [-0.4, -0.2) is 25.3 Å². The first-order valence-electron chi connectivity index (χ1n) is 5.60. The number of hydrogen-bond acceptors (Lipinski definition) is 6. The van der Waals surface area contributed by atoms with Crippen molar-refractivity contribution in [1.82, 2.24) is 15.1 Å². The molecule has 0 spiro atoms. The van der Waals surface area contributed by atoms with Crippen LogP contribution < -0.4 is 0 Å². The predicted molar refractivity (Wildman–Crippen MR) is 66.3 cm³/mol. The normalized spacial score (nSPS) is 10.7. The van der Waals surface area contributed by atoms with Gasteiger partial charge in [-0.05, 0) is 24.3 Å². The second kappa shape index (κ2) is 4.61. The van der Waals surface area contributed by atoms with E-state index in [0.717, 1.165) is 6.07 Å². The van der Waals surface area contributed by atoms with E-state index >= 15 is 0 Å². The summed E-state index contributed by atoms with van der Waals surface area (Å²) in [6.07, 6.45) is 2.73. The molecule has 6 nitrogen and oxygen atoms in total. The summed E-state index contributed by atoms with van der Waals surface area (Å²) in [6.45, 7) is 0. The van der Waals surface area contributed by atoms with Crippen LogP contribution in [0.15, 0.2) is 41.2 Å². The number of benzene rings is 1. The van der Waals surface area contributed by atoms with Crippen LogP contribution in [0.2, 0.25) is 0 Å². The minimum Gasteiger partial charge on any atom is -0.506 e. The summed E-state index contributed by atoms with van der Waals surface area (Å²) in [5.74, 6) is -0.931. The van der Waals surface area contributed by atoms with Gasteiger partial charge in [0.15, 0.2) is 11.6 Å². The van der Waals surface area contributed by atoms with E-state index in [1.54, 1.807) is 0 Å². The van der Waals surface area contributed by atoms with Crippen molar-refractivity contribution in [3.05, 3.63) is 42.5 Å². The number of aromatic nitrogens is 3. The van der Waals surface area contributed by atoms with Gasteiger partial charge in [-0.15, -0.1) is 0 Å². The van der Waals surface area contributed by atoms with Gasteiger partial charge in [-0.25, -0.2) is 4.39 Å². The van der Waals surface area contributed by atoms with Gasteiger partial charge in [0, 0.05) is 11.8 Å². The Labute approximate surface area is 112 Å². The fraction of sp³-hybridized carbons (Fsp3) is 0. The molecule has 0 aliphatic rings. The highest BCUT2D eigenvalue weighted by Gasteiger charge is 2.13. The molecular formula is C13H8FN3O3. The van der Waals surface area contributed by atoms with Crippen LogP contribution in [0.25, 0.3) is 22.8 Å². The molecule has 0 bridgehead atoms. The Balaban J connectivity index is 1.99. The Morgan fingerprint density at radius 1 is 1.05 bits per heavy atom. The topological polar surface area (TPSA) is 92.3 Å². The monoisotopic (exact) mass is 273 g/mol. The molecule has 7 heteroatoms. The molecule has 0 saturated heterocycles. The Kier molecular flexibility index (Phi) is 2.79. The number of hydrogen-bond donors (Lipinski definition) is 2. The Morgan fingerprint density at radius 3 is 2.65 bits per heavy atom. The van der Waals surface area contributed by atoms with Crippen molar-refractivity contribution < 1.29 is 19.1 Å². The van der Waals surface area contributed by atoms with E-state index < -0.39 is 11.6 Å². The van der Waals surface area contributed by atoms with Crippen LogP contribution >= 0.6 is 0 Å². The molecule has 0 saturated carbocycles. The Hall–Kier alpha value is -2.96. The number of halogens is 1. The van der Waals surface area contributed by atoms with Crippen LogP contribution in [0.4, 0.5) is 4.39 Å². The maximum atomic E-state index is 13.3. The standard InChI is InChI=1S/C13H8FN3O3/c14-10-4-7(1-2-11(10)19)12-16-13(20-17-12)8-3-9(18)6-15-5-8/h1-6,18-19H. The number of pyridine rings is 1. The number of phenols is 1. The predicted octanol–water partition coefficient (Wildman–Crippen LogP) is 2.35. The molecule has 3 rings (SSSR count). The molecule has 0 aliphatic carbocycles. The summed E-state index contributed by atoms with van der Waals surface area (Å²) in [5.41, 5.74) is 0.811. The van der Waals surface area contributed by atoms with Crippen molar-refractivity contribution in [3.63, 3.8) is 0 Å². The Bertz CT molecular complexity index is 773. The van der Waals surface area contributed by atoms with Crippen LogP contribution in [0, 0.1) is 5.82 Å². The zero-order chi connectivity index (χ0) is 14.1. The third kappa shape index (κ3) is 2.16. The van der Waals surface area contributed by atoms with Crippen LogP contribution in [0.5, 0.6) is 11.5 Å². The van der Waals surface area contributed by atoms with Crippen molar-refractivity contribution in [2.75, 3.05) is 0 Å². The third-order valence-electron chi connectivity index (χ3n) is 2.60. The first kappa shape index (κ1) is 12.1. The highest BCUT2D eigenvalue weighted by molar-refractivity contribution is 5.60. The molecule has 0 radical (unpaired) electrons. The number of phenolic OH excluding ortho intramolecular Hbond substituents is 1. The van der Waals surface area contributed by atoms with Gasteiger partial charge >= 0.3 is 0 Å². The van der Waals surface area contributed by atoms with E-state index in [0.29, 0.717) is 11.1 Å². The number of rotatable bonds is 2. The average Bonchev–Trinajstić information content (AvgIpc) is 2.92. The molecule has 0 aliphatic heterocycles. The third-order valence-corrected chi connectivity index (χ3v) is 2.60. The summed E-state index contributed by atoms with van der Waals surface area (Å²) in [7, 11) is 0. The molecule has 1 aromatic carbocycles. The molecule has 0 atom stereocenters. The molecule has 2 heterocycles. The average molecular weight is 273 g/mol. The van der Waals surface area contributed by atoms with Crippen molar-refractivity contribution >= 4 is 0 Å². The SMILES string of the molecule is Oc1cncc(-c2nc(-c3ccc(O)c(F)c3)no2)c1. The smallest absolute Gasteiger partial charge is 0.259 e. The molecule has 2 aromatic heterocycles. The molecular weight excluding hydrogens is 265 g/mol. The van der Waals surface area contributed by atoms with Crippen LogP contribution in [0.3, 0.4) is 0 Å². The van der Waals surface area contributed by atoms with Gasteiger partial charge in [0.2, 0.25) is 5.82 Å². The first-order chi connectivity index (χ1) is 9.63. The second-order valence-electron chi connectivity index (χ2n) is 4.02. The second-order valence-corrected chi connectivity index (χ2v) is 4.02. The van der Waals surface area contributed by atoms with E-state index in [1.807, 2.05) is 0 Å². The van der Waals surface area contributed by atoms with Crippen molar-refractivity contribution in [1.29, 1.82) is 0 Å². The molecule has 0 unspecified atom stereocenters. The van der Waals surface area contributed by atoms with E-state index in [1.165, 1.54) is 30.6 Å². The minimum atomic E-state index is -0.770. The van der Waals surface area contributed by atoms with Gasteiger partial charge in [0.25, 0.3) is 5.89 Å². The molecule has 20 heavy (non-hydrogen) atoms. The maximum absolute atomic E-state index is 13.3. The van der Waals surface area contributed by atoms with E-state index in [2.05, 4.69) is 15.1 Å². The molecule has 3 aromatic rings. The van der Waals surface area contributed by atoms with Crippen molar-refractivity contribution in [2.24, 2.45) is 0 Å². The highest BCUT2D eigenvalue weighted by Crippen LogP contribution is 2.26. The maximum Gasteiger partial charge on any atom is 0.259 e. The van der Waals surface area contributed by atoms with E-state index in [-0.39, 0.29) is 17.5 Å². The molecule has 0 amide bonds. The van der Waals surface area contributed by atoms with E-state index in [9.17, 15) is 9.50 Å². The van der Waals surface area contributed by atoms with Crippen LogP contribution in [-0.2, 0) is 0 Å². The number of aromatic hydroxyl groups is 2. The molecule has 2 N–H and O–H groups in total. The van der Waals surface area contributed by atoms with Gasteiger partial charge in [0.05, 0.1) is 11.8 Å². The molecule has 100 valence electrons. The van der Waals surface area contributed by atoms with Gasteiger partial charge in [0.1, 0.15) is 5.75 Å². The zero-order valence-corrected chi connectivity index (χ0v) is 9.99. The lowest BCUT2D eigenvalue weighted by Gasteiger charge is -1.97. The van der Waals surface area contributed by atoms with Crippen LogP contribution in [0.1, 0.15) is 0 Å². The van der Waals surface area contributed by atoms with Crippen molar-refractivity contribution in [3.8, 4) is 34.3 Å². The van der Waals surface area contributed by atoms with Gasteiger partial charge in [-0.3, -0.25) is 4.98 Å². The first-order valence-corrected chi connectivity index (χ1v) is 5.60. The quantitative estimate of drug-likeness (QED) is 0.744. The summed E-state index contributed by atoms with van der Waals surface area (Å²) in [4.78, 5) is 7.88. The lowest BCUT2D eigenvalue weighted by atomic mass is 10.2. The largest absolute Gasteiger partial charge is 0.506 e. The fourth-order valence-corrected chi connectivity index (χ4v) is 1.65. The Morgan fingerprint density at radius 2 is 1.90 bits per heavy atom. The van der Waals surface area contributed by atoms with E-state index in [4.69, 9.17) is 9.63 Å². The summed E-state index contributed by atoms with van der Waals surface area (Å²) < 4.78 is 18.3. The highest BCUT2D eigenvalue weighted by atomic mass is 19.1. The summed E-state index contributed by atoms with van der Waals surface area (Å²) in [5, 5.41) is 22.2. The lowest BCUT2D eigenvalue weighted by molar-refractivity contribution is 0.429. The van der Waals surface area contributed by atoms with Crippen molar-refractivity contribution in [2.45, 2.75) is 0 Å². The fourth-order valence-electron chi connectivity index (χ4n) is 1.65. The summed E-state index contributed by atoms with van der Waals surface area (Å²) in [6, 6.07) is 5.19. The number of nitrogens with zero attached hydrogens (tertiary/aromatic N) is 3. The summed E-state index contributed by atoms with van der Waals surface area (Å²) >= 11 is 0. The zero-order valence-electron chi connectivity index (χ0n) is 9.99.